The third kappa shape index (κ3) is 4.27. The number of benzene rings is 2. The molecule has 0 saturated carbocycles. The van der Waals surface area contributed by atoms with Crippen LogP contribution in [0.4, 0.5) is 13.2 Å². The van der Waals surface area contributed by atoms with Crippen LogP contribution in [-0.4, -0.2) is 10.5 Å². The van der Waals surface area contributed by atoms with Crippen molar-refractivity contribution in [1.29, 1.82) is 0 Å². The lowest BCUT2D eigenvalue weighted by molar-refractivity contribution is -0.137. The van der Waals surface area contributed by atoms with Crippen LogP contribution >= 0.6 is 0 Å². The maximum atomic E-state index is 13.0. The molecule has 1 unspecified atom stereocenters. The van der Waals surface area contributed by atoms with E-state index in [1.807, 2.05) is 6.92 Å². The summed E-state index contributed by atoms with van der Waals surface area (Å²) in [6, 6.07) is 11.0. The Balaban J connectivity index is 1.82. The van der Waals surface area contributed by atoms with Gasteiger partial charge in [0.25, 0.3) is 0 Å². The Morgan fingerprint density at radius 3 is 2.64 bits per heavy atom. The molecule has 0 spiro atoms. The van der Waals surface area contributed by atoms with Gasteiger partial charge in [0.2, 0.25) is 5.91 Å². The van der Waals surface area contributed by atoms with Crippen LogP contribution in [0.3, 0.4) is 0 Å². The zero-order valence-electron chi connectivity index (χ0n) is 15.1. The van der Waals surface area contributed by atoms with Crippen LogP contribution < -0.4 is 11.1 Å². The summed E-state index contributed by atoms with van der Waals surface area (Å²) >= 11 is 0. The summed E-state index contributed by atoms with van der Waals surface area (Å²) in [5, 5.41) is 2.74. The Morgan fingerprint density at radius 1 is 1.18 bits per heavy atom. The number of hydrogen-bond donors (Lipinski definition) is 1. The van der Waals surface area contributed by atoms with Crippen molar-refractivity contribution in [2.75, 3.05) is 0 Å². The second-order valence-electron chi connectivity index (χ2n) is 6.45. The number of fused-ring (bicyclic) bond motifs is 1. The number of carbonyl (C=O) groups excluding carboxylic acids is 1. The van der Waals surface area contributed by atoms with Crippen molar-refractivity contribution in [3.05, 3.63) is 70.2 Å². The monoisotopic (exact) mass is 392 g/mol. The molecular weight excluding hydrogens is 373 g/mol. The van der Waals surface area contributed by atoms with Gasteiger partial charge in [-0.3, -0.25) is 9.36 Å². The SMILES string of the molecule is CCCC(NC(=O)Cn1c(=O)oc2ccccc21)c1cccc(C(F)(F)F)c1. The van der Waals surface area contributed by atoms with E-state index in [4.69, 9.17) is 4.42 Å². The van der Waals surface area contributed by atoms with Crippen molar-refractivity contribution in [1.82, 2.24) is 9.88 Å². The molecule has 0 bridgehead atoms. The summed E-state index contributed by atoms with van der Waals surface area (Å²) in [5.41, 5.74) is 0.448. The van der Waals surface area contributed by atoms with Gasteiger partial charge in [0.15, 0.2) is 5.58 Å². The van der Waals surface area contributed by atoms with E-state index in [-0.39, 0.29) is 6.54 Å². The van der Waals surface area contributed by atoms with Gasteiger partial charge in [-0.15, -0.1) is 0 Å². The molecule has 8 heteroatoms. The van der Waals surface area contributed by atoms with Gasteiger partial charge in [0, 0.05) is 0 Å². The number of amides is 1. The maximum absolute atomic E-state index is 13.0. The average Bonchev–Trinajstić information content (AvgIpc) is 2.96. The molecule has 0 aliphatic carbocycles. The Kier molecular flexibility index (Phi) is 5.58. The van der Waals surface area contributed by atoms with Crippen molar-refractivity contribution in [3.8, 4) is 0 Å². The number of para-hydroxylation sites is 2. The minimum absolute atomic E-state index is 0.283. The van der Waals surface area contributed by atoms with Gasteiger partial charge in [-0.05, 0) is 36.2 Å². The van der Waals surface area contributed by atoms with Gasteiger partial charge in [0.1, 0.15) is 6.54 Å². The number of carbonyl (C=O) groups is 1. The predicted molar refractivity (Wildman–Crippen MR) is 97.7 cm³/mol. The number of alkyl halides is 3. The fourth-order valence-corrected chi connectivity index (χ4v) is 3.09. The van der Waals surface area contributed by atoms with Crippen molar-refractivity contribution in [2.45, 2.75) is 38.5 Å². The largest absolute Gasteiger partial charge is 0.420 e. The number of oxazole rings is 1. The van der Waals surface area contributed by atoms with Crippen molar-refractivity contribution in [3.63, 3.8) is 0 Å². The Labute approximate surface area is 158 Å². The molecule has 1 aromatic heterocycles. The van der Waals surface area contributed by atoms with Gasteiger partial charge in [-0.2, -0.15) is 13.2 Å². The number of halogens is 3. The van der Waals surface area contributed by atoms with E-state index in [1.54, 1.807) is 30.3 Å². The highest BCUT2D eigenvalue weighted by atomic mass is 19.4. The fourth-order valence-electron chi connectivity index (χ4n) is 3.09. The summed E-state index contributed by atoms with van der Waals surface area (Å²) in [6.45, 7) is 1.59. The number of nitrogens with one attached hydrogen (secondary N) is 1. The highest BCUT2D eigenvalue weighted by molar-refractivity contribution is 5.79. The van der Waals surface area contributed by atoms with Gasteiger partial charge in [-0.25, -0.2) is 4.79 Å². The summed E-state index contributed by atoms with van der Waals surface area (Å²) in [6.07, 6.45) is -3.33. The summed E-state index contributed by atoms with van der Waals surface area (Å²) in [5.74, 6) is -1.15. The van der Waals surface area contributed by atoms with E-state index in [2.05, 4.69) is 5.32 Å². The maximum Gasteiger partial charge on any atom is 0.420 e. The molecule has 3 rings (SSSR count). The van der Waals surface area contributed by atoms with Gasteiger partial charge >= 0.3 is 11.9 Å². The zero-order valence-corrected chi connectivity index (χ0v) is 15.1. The molecule has 28 heavy (non-hydrogen) atoms. The van der Waals surface area contributed by atoms with E-state index in [9.17, 15) is 22.8 Å². The Morgan fingerprint density at radius 2 is 1.93 bits per heavy atom. The smallest absolute Gasteiger partial charge is 0.408 e. The van der Waals surface area contributed by atoms with Crippen molar-refractivity contribution < 1.29 is 22.4 Å². The molecule has 148 valence electrons. The zero-order chi connectivity index (χ0) is 20.3. The molecule has 2 aromatic carbocycles. The summed E-state index contributed by atoms with van der Waals surface area (Å²) in [4.78, 5) is 24.5. The van der Waals surface area contributed by atoms with E-state index < -0.39 is 29.4 Å². The molecule has 3 aromatic rings. The third-order valence-electron chi connectivity index (χ3n) is 4.40. The van der Waals surface area contributed by atoms with Crippen molar-refractivity contribution in [2.24, 2.45) is 0 Å². The minimum atomic E-state index is -4.46. The van der Waals surface area contributed by atoms with Crippen molar-refractivity contribution >= 4 is 17.0 Å². The van der Waals surface area contributed by atoms with Crippen LogP contribution in [-0.2, 0) is 17.5 Å². The van der Waals surface area contributed by atoms with E-state index >= 15 is 0 Å². The minimum Gasteiger partial charge on any atom is -0.408 e. The molecule has 0 aliphatic rings. The van der Waals surface area contributed by atoms with Gasteiger partial charge in [-0.1, -0.05) is 37.6 Å². The second-order valence-corrected chi connectivity index (χ2v) is 6.45. The number of nitrogens with zero attached hydrogens (tertiary/aromatic N) is 1. The van der Waals surface area contributed by atoms with Crippen LogP contribution in [0.25, 0.3) is 11.1 Å². The van der Waals surface area contributed by atoms with Crippen LogP contribution in [0.2, 0.25) is 0 Å². The molecule has 1 N–H and O–H groups in total. The first-order valence-electron chi connectivity index (χ1n) is 8.84. The predicted octanol–water partition coefficient (Wildman–Crippen LogP) is 4.27. The first-order chi connectivity index (χ1) is 13.3. The molecule has 1 amide bonds. The molecule has 1 heterocycles. The van der Waals surface area contributed by atoms with E-state index in [1.165, 1.54) is 10.6 Å². The van der Waals surface area contributed by atoms with E-state index in [0.717, 1.165) is 12.1 Å². The highest BCUT2D eigenvalue weighted by Crippen LogP contribution is 2.31. The first-order valence-corrected chi connectivity index (χ1v) is 8.84. The lowest BCUT2D eigenvalue weighted by atomic mass is 10.00. The lowest BCUT2D eigenvalue weighted by Gasteiger charge is -2.20. The molecular formula is C20H19F3N2O3. The van der Waals surface area contributed by atoms with Crippen LogP contribution in [0.5, 0.6) is 0 Å². The Hall–Kier alpha value is -3.03. The lowest BCUT2D eigenvalue weighted by Crippen LogP contribution is -2.33. The normalized spacial score (nSPS) is 12.9. The molecule has 0 radical (unpaired) electrons. The number of aromatic nitrogens is 1. The third-order valence-corrected chi connectivity index (χ3v) is 4.40. The molecule has 1 atom stereocenters. The number of rotatable bonds is 6. The first kappa shape index (κ1) is 19.7. The average molecular weight is 392 g/mol. The summed E-state index contributed by atoms with van der Waals surface area (Å²) in [7, 11) is 0. The fraction of sp³-hybridized carbons (Fsp3) is 0.300. The van der Waals surface area contributed by atoms with E-state index in [0.29, 0.717) is 29.5 Å². The highest BCUT2D eigenvalue weighted by Gasteiger charge is 2.31. The molecule has 0 aliphatic heterocycles. The second kappa shape index (κ2) is 7.92. The van der Waals surface area contributed by atoms with Gasteiger partial charge < -0.3 is 9.73 Å². The summed E-state index contributed by atoms with van der Waals surface area (Å²) < 4.78 is 45.3. The van der Waals surface area contributed by atoms with Gasteiger partial charge in [0.05, 0.1) is 17.1 Å². The van der Waals surface area contributed by atoms with Crippen LogP contribution in [0.1, 0.15) is 36.9 Å². The Bertz CT molecular complexity index is 1040. The van der Waals surface area contributed by atoms with Crippen LogP contribution in [0, 0.1) is 0 Å². The molecule has 5 nitrogen and oxygen atoms in total. The topological polar surface area (TPSA) is 64.2 Å². The number of hydrogen-bond acceptors (Lipinski definition) is 3. The quantitative estimate of drug-likeness (QED) is 0.681. The van der Waals surface area contributed by atoms with Crippen LogP contribution in [0.15, 0.2) is 57.7 Å². The molecule has 0 saturated heterocycles. The standard InChI is InChI=1S/C20H19F3N2O3/c1-2-6-15(13-7-5-8-14(11-13)20(21,22)23)24-18(26)12-25-16-9-3-4-10-17(16)28-19(25)27/h3-5,7-11,15H,2,6,12H2,1H3,(H,24,26). The molecule has 0 fully saturated rings.